The number of carbonyl (C=O) groups is 1. The van der Waals surface area contributed by atoms with Crippen molar-refractivity contribution in [2.75, 3.05) is 13.2 Å². The molecule has 1 aromatic heterocycles. The SMILES string of the molecule is Cn1ccnc1C(=O)c1cccc2c1OCCO2. The van der Waals surface area contributed by atoms with Gasteiger partial charge in [0.25, 0.3) is 0 Å². The Kier molecular flexibility index (Phi) is 2.51. The summed E-state index contributed by atoms with van der Waals surface area (Å²) in [4.78, 5) is 16.4. The van der Waals surface area contributed by atoms with Crippen LogP contribution < -0.4 is 9.47 Å². The summed E-state index contributed by atoms with van der Waals surface area (Å²) in [5.74, 6) is 1.35. The zero-order chi connectivity index (χ0) is 12.5. The summed E-state index contributed by atoms with van der Waals surface area (Å²) in [5, 5.41) is 0. The molecule has 2 aromatic rings. The molecule has 0 atom stereocenters. The maximum absolute atomic E-state index is 12.4. The molecule has 0 spiro atoms. The minimum Gasteiger partial charge on any atom is -0.486 e. The number of hydrogen-bond acceptors (Lipinski definition) is 4. The van der Waals surface area contributed by atoms with E-state index in [9.17, 15) is 4.79 Å². The molecule has 1 aliphatic rings. The lowest BCUT2D eigenvalue weighted by Crippen LogP contribution is -2.19. The van der Waals surface area contributed by atoms with Gasteiger partial charge in [-0.1, -0.05) is 6.07 Å². The van der Waals surface area contributed by atoms with Crippen LogP contribution in [0.25, 0.3) is 0 Å². The highest BCUT2D eigenvalue weighted by atomic mass is 16.6. The molecule has 0 aliphatic carbocycles. The van der Waals surface area contributed by atoms with Gasteiger partial charge >= 0.3 is 0 Å². The second kappa shape index (κ2) is 4.18. The summed E-state index contributed by atoms with van der Waals surface area (Å²) < 4.78 is 12.7. The first-order chi connectivity index (χ1) is 8.77. The molecule has 0 unspecified atom stereocenters. The largest absolute Gasteiger partial charge is 0.486 e. The minimum atomic E-state index is -0.162. The van der Waals surface area contributed by atoms with Crippen molar-refractivity contribution < 1.29 is 14.3 Å². The van der Waals surface area contributed by atoms with Crippen LogP contribution in [-0.2, 0) is 7.05 Å². The van der Waals surface area contributed by atoms with Gasteiger partial charge in [-0.05, 0) is 12.1 Å². The van der Waals surface area contributed by atoms with Crippen LogP contribution in [0, 0.1) is 0 Å². The second-order valence-corrected chi connectivity index (χ2v) is 4.02. The number of ketones is 1. The summed E-state index contributed by atoms with van der Waals surface area (Å²) >= 11 is 0. The number of ether oxygens (including phenoxy) is 2. The molecule has 1 aromatic carbocycles. The van der Waals surface area contributed by atoms with Gasteiger partial charge < -0.3 is 14.0 Å². The maximum Gasteiger partial charge on any atom is 0.232 e. The van der Waals surface area contributed by atoms with Gasteiger partial charge in [-0.3, -0.25) is 4.79 Å². The number of nitrogens with zero attached hydrogens (tertiary/aromatic N) is 2. The fraction of sp³-hybridized carbons (Fsp3) is 0.231. The summed E-state index contributed by atoms with van der Waals surface area (Å²) in [5.41, 5.74) is 0.488. The fourth-order valence-electron chi connectivity index (χ4n) is 1.96. The Hall–Kier alpha value is -2.30. The number of fused-ring (bicyclic) bond motifs is 1. The molecule has 2 heterocycles. The van der Waals surface area contributed by atoms with E-state index >= 15 is 0 Å². The first-order valence-electron chi connectivity index (χ1n) is 5.68. The van der Waals surface area contributed by atoms with E-state index in [1.54, 1.807) is 42.2 Å². The monoisotopic (exact) mass is 244 g/mol. The summed E-state index contributed by atoms with van der Waals surface area (Å²) in [7, 11) is 1.78. The first kappa shape index (κ1) is 10.8. The van der Waals surface area contributed by atoms with Crippen molar-refractivity contribution in [2.45, 2.75) is 0 Å². The van der Waals surface area contributed by atoms with Crippen molar-refractivity contribution in [3.63, 3.8) is 0 Å². The number of aromatic nitrogens is 2. The molecule has 0 radical (unpaired) electrons. The highest BCUT2D eigenvalue weighted by Gasteiger charge is 2.23. The van der Waals surface area contributed by atoms with Crippen LogP contribution in [0.3, 0.4) is 0 Å². The molecule has 18 heavy (non-hydrogen) atoms. The molecule has 0 amide bonds. The van der Waals surface area contributed by atoms with Crippen LogP contribution in [0.2, 0.25) is 0 Å². The molecular weight excluding hydrogens is 232 g/mol. The third kappa shape index (κ3) is 1.64. The summed E-state index contributed by atoms with van der Waals surface area (Å²) in [6.07, 6.45) is 3.33. The highest BCUT2D eigenvalue weighted by Crippen LogP contribution is 2.34. The zero-order valence-corrected chi connectivity index (χ0v) is 9.92. The van der Waals surface area contributed by atoms with E-state index in [1.165, 1.54) is 0 Å². The highest BCUT2D eigenvalue weighted by molar-refractivity contribution is 6.09. The number of hydrogen-bond donors (Lipinski definition) is 0. The van der Waals surface area contributed by atoms with Crippen molar-refractivity contribution in [3.05, 3.63) is 42.0 Å². The number of aryl methyl sites for hydroxylation is 1. The van der Waals surface area contributed by atoms with Crippen LogP contribution in [0.5, 0.6) is 11.5 Å². The molecule has 0 saturated carbocycles. The molecule has 5 nitrogen and oxygen atoms in total. The predicted molar refractivity (Wildman–Crippen MR) is 64.1 cm³/mol. The van der Waals surface area contributed by atoms with Crippen molar-refractivity contribution in [3.8, 4) is 11.5 Å². The Morgan fingerprint density at radius 3 is 2.94 bits per heavy atom. The molecule has 0 saturated heterocycles. The average molecular weight is 244 g/mol. The van der Waals surface area contributed by atoms with Crippen LogP contribution >= 0.6 is 0 Å². The first-order valence-corrected chi connectivity index (χ1v) is 5.68. The molecule has 0 bridgehead atoms. The minimum absolute atomic E-state index is 0.162. The predicted octanol–water partition coefficient (Wildman–Crippen LogP) is 1.42. The molecule has 92 valence electrons. The number of para-hydroxylation sites is 1. The normalized spacial score (nSPS) is 13.4. The Morgan fingerprint density at radius 2 is 2.17 bits per heavy atom. The Bertz CT molecular complexity index is 604. The van der Waals surface area contributed by atoms with E-state index < -0.39 is 0 Å². The lowest BCUT2D eigenvalue weighted by atomic mass is 10.1. The van der Waals surface area contributed by atoms with E-state index in [2.05, 4.69) is 4.98 Å². The molecule has 0 fully saturated rings. The van der Waals surface area contributed by atoms with E-state index in [0.717, 1.165) is 0 Å². The molecule has 3 rings (SSSR count). The van der Waals surface area contributed by atoms with E-state index in [0.29, 0.717) is 36.1 Å². The van der Waals surface area contributed by atoms with Crippen molar-refractivity contribution >= 4 is 5.78 Å². The smallest absolute Gasteiger partial charge is 0.232 e. The number of carbonyl (C=O) groups excluding carboxylic acids is 1. The average Bonchev–Trinajstić information content (AvgIpc) is 2.83. The number of benzene rings is 1. The topological polar surface area (TPSA) is 53.4 Å². The lowest BCUT2D eigenvalue weighted by Gasteiger charge is -2.20. The van der Waals surface area contributed by atoms with Crippen molar-refractivity contribution in [1.82, 2.24) is 9.55 Å². The van der Waals surface area contributed by atoms with Crippen LogP contribution in [0.4, 0.5) is 0 Å². The van der Waals surface area contributed by atoms with Gasteiger partial charge in [-0.15, -0.1) is 0 Å². The lowest BCUT2D eigenvalue weighted by molar-refractivity contribution is 0.101. The maximum atomic E-state index is 12.4. The third-order valence-corrected chi connectivity index (χ3v) is 2.84. The van der Waals surface area contributed by atoms with Crippen molar-refractivity contribution in [1.29, 1.82) is 0 Å². The Labute approximate surface area is 104 Å². The van der Waals surface area contributed by atoms with Gasteiger partial charge in [-0.25, -0.2) is 4.98 Å². The molecular formula is C13H12N2O3. The number of imidazole rings is 1. The van der Waals surface area contributed by atoms with Gasteiger partial charge in [-0.2, -0.15) is 0 Å². The van der Waals surface area contributed by atoms with E-state index in [1.807, 2.05) is 0 Å². The quantitative estimate of drug-likeness (QED) is 0.750. The zero-order valence-electron chi connectivity index (χ0n) is 9.92. The van der Waals surface area contributed by atoms with Gasteiger partial charge in [0.1, 0.15) is 13.2 Å². The van der Waals surface area contributed by atoms with Gasteiger partial charge in [0, 0.05) is 19.4 Å². The molecule has 1 aliphatic heterocycles. The standard InChI is InChI=1S/C13H12N2O3/c1-15-6-5-14-13(15)11(16)9-3-2-4-10-12(9)18-8-7-17-10/h2-6H,7-8H2,1H3. The molecule has 0 N–H and O–H groups in total. The van der Waals surface area contributed by atoms with Gasteiger partial charge in [0.2, 0.25) is 5.78 Å². The Balaban J connectivity index is 2.07. The van der Waals surface area contributed by atoms with Crippen molar-refractivity contribution in [2.24, 2.45) is 7.05 Å². The van der Waals surface area contributed by atoms with E-state index in [4.69, 9.17) is 9.47 Å². The van der Waals surface area contributed by atoms with Crippen LogP contribution in [-0.4, -0.2) is 28.5 Å². The number of rotatable bonds is 2. The third-order valence-electron chi connectivity index (χ3n) is 2.84. The Morgan fingerprint density at radius 1 is 1.33 bits per heavy atom. The van der Waals surface area contributed by atoms with Gasteiger partial charge in [0.15, 0.2) is 17.3 Å². The van der Waals surface area contributed by atoms with Crippen LogP contribution in [0.15, 0.2) is 30.6 Å². The van der Waals surface area contributed by atoms with Gasteiger partial charge in [0.05, 0.1) is 5.56 Å². The van der Waals surface area contributed by atoms with E-state index in [-0.39, 0.29) is 5.78 Å². The van der Waals surface area contributed by atoms with Crippen LogP contribution in [0.1, 0.15) is 16.2 Å². The summed E-state index contributed by atoms with van der Waals surface area (Å²) in [6.45, 7) is 0.963. The fourth-order valence-corrected chi connectivity index (χ4v) is 1.96. The second-order valence-electron chi connectivity index (χ2n) is 4.02. The molecule has 5 heteroatoms. The summed E-state index contributed by atoms with van der Waals surface area (Å²) in [6, 6.07) is 5.30.